The molecule has 0 bridgehead atoms. The lowest BCUT2D eigenvalue weighted by Crippen LogP contribution is -2.46. The number of nitriles is 1. The van der Waals surface area contributed by atoms with Crippen LogP contribution < -0.4 is 30.7 Å². The second kappa shape index (κ2) is 20.2. The summed E-state index contributed by atoms with van der Waals surface area (Å²) in [6, 6.07) is 32.5. The highest BCUT2D eigenvalue weighted by Gasteiger charge is 2.18. The Morgan fingerprint density at radius 2 is 1.00 bits per heavy atom. The van der Waals surface area contributed by atoms with E-state index in [1.807, 2.05) is 72.8 Å². The van der Waals surface area contributed by atoms with Crippen LogP contribution in [0.25, 0.3) is 4.85 Å². The fraction of sp³-hybridized carbons (Fsp3) is 0.333. The maximum atomic E-state index is 8.88. The van der Waals surface area contributed by atoms with Gasteiger partial charge in [0, 0.05) is 87.9 Å². The standard InChI is InChI=1S/C21H28N6O.C21H22N4O/c22-20(23)16-2-6-18(7-3-16)27-13-11-26(12-14-27)10-1-15-28-19-8-4-17(5-9-19)21(24)25;1-23-19-5-9-21(10-6-19)26-16-2-11-24-12-14-25(15-13-24)20-7-3-18(17-22)4-8-20/h2-9H,1,10-15H2,(H3,22,23)(H3,24,25);3-10H,2,11-16H2. The fourth-order valence-electron chi connectivity index (χ4n) is 6.36. The molecule has 0 spiro atoms. The zero-order valence-electron chi connectivity index (χ0n) is 30.8. The molecule has 280 valence electrons. The molecule has 4 aromatic rings. The molecule has 0 saturated carbocycles. The molecule has 6 rings (SSSR count). The predicted octanol–water partition coefficient (Wildman–Crippen LogP) is 5.55. The van der Waals surface area contributed by atoms with E-state index in [0.29, 0.717) is 30.0 Å². The Bertz CT molecular complexity index is 1850. The summed E-state index contributed by atoms with van der Waals surface area (Å²) < 4.78 is 11.5. The van der Waals surface area contributed by atoms with Crippen molar-refractivity contribution in [2.24, 2.45) is 11.5 Å². The second-order valence-electron chi connectivity index (χ2n) is 13.2. The number of anilines is 2. The first-order valence-electron chi connectivity index (χ1n) is 18.4. The Morgan fingerprint density at radius 1 is 0.611 bits per heavy atom. The van der Waals surface area contributed by atoms with Crippen molar-refractivity contribution in [3.05, 3.63) is 125 Å². The van der Waals surface area contributed by atoms with Crippen LogP contribution in [0.5, 0.6) is 11.5 Å². The molecule has 2 aliphatic rings. The average molecular weight is 727 g/mol. The largest absolute Gasteiger partial charge is 0.494 e. The molecule has 4 aromatic carbocycles. The van der Waals surface area contributed by atoms with Gasteiger partial charge in [0.2, 0.25) is 0 Å². The Labute approximate surface area is 318 Å². The number of amidine groups is 2. The van der Waals surface area contributed by atoms with Gasteiger partial charge in [-0.15, -0.1) is 0 Å². The molecule has 12 heteroatoms. The highest BCUT2D eigenvalue weighted by molar-refractivity contribution is 5.95. The third-order valence-corrected chi connectivity index (χ3v) is 9.56. The molecular formula is C42H50N10O2. The van der Waals surface area contributed by atoms with Gasteiger partial charge < -0.3 is 30.7 Å². The minimum atomic E-state index is 0.0699. The van der Waals surface area contributed by atoms with Gasteiger partial charge >= 0.3 is 0 Å². The monoisotopic (exact) mass is 726 g/mol. The number of hydrogen-bond donors (Lipinski definition) is 4. The summed E-state index contributed by atoms with van der Waals surface area (Å²) in [6.07, 6.45) is 1.96. The van der Waals surface area contributed by atoms with Crippen LogP contribution in [0.1, 0.15) is 29.5 Å². The summed E-state index contributed by atoms with van der Waals surface area (Å²) >= 11 is 0. The lowest BCUT2D eigenvalue weighted by molar-refractivity contribution is 0.224. The molecule has 2 saturated heterocycles. The van der Waals surface area contributed by atoms with Crippen molar-refractivity contribution in [1.29, 1.82) is 16.1 Å². The first kappa shape index (κ1) is 39.1. The number of piperazine rings is 2. The maximum absolute atomic E-state index is 8.88. The van der Waals surface area contributed by atoms with E-state index in [2.05, 4.69) is 30.5 Å². The summed E-state index contributed by atoms with van der Waals surface area (Å²) in [5.41, 5.74) is 16.2. The highest BCUT2D eigenvalue weighted by atomic mass is 16.5. The van der Waals surface area contributed by atoms with Gasteiger partial charge in [0.05, 0.1) is 31.4 Å². The van der Waals surface area contributed by atoms with Crippen LogP contribution >= 0.6 is 0 Å². The van der Waals surface area contributed by atoms with Crippen molar-refractivity contribution >= 4 is 28.7 Å². The summed E-state index contributed by atoms with van der Waals surface area (Å²) in [7, 11) is 0. The lowest BCUT2D eigenvalue weighted by Gasteiger charge is -2.36. The van der Waals surface area contributed by atoms with E-state index in [-0.39, 0.29) is 11.7 Å². The highest BCUT2D eigenvalue weighted by Crippen LogP contribution is 2.20. The fourth-order valence-corrected chi connectivity index (χ4v) is 6.36. The van der Waals surface area contributed by atoms with Crippen LogP contribution in [0, 0.1) is 28.7 Å². The van der Waals surface area contributed by atoms with Crippen LogP contribution in [0.15, 0.2) is 97.1 Å². The van der Waals surface area contributed by atoms with Crippen LogP contribution in [-0.4, -0.2) is 100 Å². The summed E-state index contributed by atoms with van der Waals surface area (Å²) in [4.78, 5) is 13.0. The lowest BCUT2D eigenvalue weighted by atomic mass is 10.1. The second-order valence-corrected chi connectivity index (χ2v) is 13.2. The summed E-state index contributed by atoms with van der Waals surface area (Å²) in [6.45, 7) is 18.5. The van der Waals surface area contributed by atoms with E-state index in [0.717, 1.165) is 95.4 Å². The Kier molecular flexibility index (Phi) is 14.7. The molecule has 2 heterocycles. The van der Waals surface area contributed by atoms with Crippen LogP contribution in [-0.2, 0) is 0 Å². The van der Waals surface area contributed by atoms with Crippen molar-refractivity contribution < 1.29 is 9.47 Å². The third kappa shape index (κ3) is 12.0. The Balaban J connectivity index is 0.000000208. The van der Waals surface area contributed by atoms with Gasteiger partial charge in [-0.05, 0) is 97.8 Å². The number of hydrogen-bond acceptors (Lipinski definition) is 9. The summed E-state index contributed by atoms with van der Waals surface area (Å²) in [5.74, 6) is 1.81. The Morgan fingerprint density at radius 3 is 1.39 bits per heavy atom. The van der Waals surface area contributed by atoms with Crippen LogP contribution in [0.4, 0.5) is 17.1 Å². The van der Waals surface area contributed by atoms with Gasteiger partial charge in [0.25, 0.3) is 0 Å². The molecule has 0 aliphatic carbocycles. The van der Waals surface area contributed by atoms with Crippen LogP contribution in [0.3, 0.4) is 0 Å². The van der Waals surface area contributed by atoms with Gasteiger partial charge in [0.1, 0.15) is 23.2 Å². The number of ether oxygens (including phenoxy) is 2. The number of benzene rings is 4. The molecule has 0 aromatic heterocycles. The first-order chi connectivity index (χ1) is 26.3. The van der Waals surface area contributed by atoms with E-state index in [1.165, 1.54) is 11.4 Å². The zero-order chi connectivity index (χ0) is 38.1. The molecule has 0 atom stereocenters. The van der Waals surface area contributed by atoms with E-state index in [1.54, 1.807) is 24.3 Å². The molecule has 54 heavy (non-hydrogen) atoms. The maximum Gasteiger partial charge on any atom is 0.187 e. The molecular weight excluding hydrogens is 677 g/mol. The number of rotatable bonds is 14. The number of nitrogen functional groups attached to an aromatic ring is 2. The smallest absolute Gasteiger partial charge is 0.187 e. The van der Waals surface area contributed by atoms with Gasteiger partial charge in [-0.2, -0.15) is 5.26 Å². The number of nitrogens with one attached hydrogen (secondary N) is 2. The molecule has 6 N–H and O–H groups in total. The van der Waals surface area contributed by atoms with Crippen LogP contribution in [0.2, 0.25) is 0 Å². The van der Waals surface area contributed by atoms with E-state index in [4.69, 9.17) is 43.6 Å². The molecule has 0 radical (unpaired) electrons. The Hall–Kier alpha value is -6.08. The quantitative estimate of drug-likeness (QED) is 0.0566. The molecule has 2 fully saturated rings. The predicted molar refractivity (Wildman–Crippen MR) is 216 cm³/mol. The van der Waals surface area contributed by atoms with Gasteiger partial charge in [-0.1, -0.05) is 12.1 Å². The molecule has 12 nitrogen and oxygen atoms in total. The molecule has 0 unspecified atom stereocenters. The number of nitrogens with zero attached hydrogens (tertiary/aromatic N) is 6. The van der Waals surface area contributed by atoms with Crippen molar-refractivity contribution in [3.8, 4) is 17.6 Å². The minimum absolute atomic E-state index is 0.0699. The van der Waals surface area contributed by atoms with Crippen molar-refractivity contribution in [2.45, 2.75) is 12.8 Å². The average Bonchev–Trinajstić information content (AvgIpc) is 3.22. The topological polar surface area (TPSA) is 159 Å². The van der Waals surface area contributed by atoms with E-state index >= 15 is 0 Å². The normalized spacial score (nSPS) is 14.6. The minimum Gasteiger partial charge on any atom is -0.494 e. The van der Waals surface area contributed by atoms with Crippen molar-refractivity contribution in [2.75, 3.05) is 88.5 Å². The van der Waals surface area contributed by atoms with E-state index < -0.39 is 0 Å². The van der Waals surface area contributed by atoms with E-state index in [9.17, 15) is 0 Å². The van der Waals surface area contributed by atoms with Crippen molar-refractivity contribution in [1.82, 2.24) is 9.80 Å². The zero-order valence-corrected chi connectivity index (χ0v) is 30.8. The first-order valence-corrected chi connectivity index (χ1v) is 18.4. The van der Waals surface area contributed by atoms with Crippen molar-refractivity contribution in [3.63, 3.8) is 0 Å². The SMILES string of the molecule is N=C(N)c1ccc(OCCCN2CCN(c3ccc(C(=N)N)cc3)CC2)cc1.[C-]#[N+]c1ccc(OCCCN2CCN(c3ccc(C#N)cc3)CC2)cc1. The third-order valence-electron chi connectivity index (χ3n) is 9.56. The molecule has 2 aliphatic heterocycles. The summed E-state index contributed by atoms with van der Waals surface area (Å²) in [5, 5.41) is 23.7. The van der Waals surface area contributed by atoms with Gasteiger partial charge in [0.15, 0.2) is 5.69 Å². The van der Waals surface area contributed by atoms with Gasteiger partial charge in [-0.3, -0.25) is 20.6 Å². The number of nitrogens with two attached hydrogens (primary N) is 2. The van der Waals surface area contributed by atoms with Gasteiger partial charge in [-0.25, -0.2) is 4.85 Å². The molecule has 0 amide bonds.